The van der Waals surface area contributed by atoms with Crippen LogP contribution in [-0.2, 0) is 14.1 Å². The van der Waals surface area contributed by atoms with Gasteiger partial charge in [-0.05, 0) is 0 Å². The Bertz CT molecular complexity index is 387. The summed E-state index contributed by atoms with van der Waals surface area (Å²) in [5.41, 5.74) is -1.11. The summed E-state index contributed by atoms with van der Waals surface area (Å²) in [6, 6.07) is 0. The Kier molecular flexibility index (Phi) is 1.68. The van der Waals surface area contributed by atoms with Crippen molar-refractivity contribution < 1.29 is 15.0 Å². The highest BCUT2D eigenvalue weighted by Gasteiger charge is 2.20. The molecule has 6 nitrogen and oxygen atoms in total. The van der Waals surface area contributed by atoms with Crippen molar-refractivity contribution in [3.05, 3.63) is 16.0 Å². The molecule has 0 bridgehead atoms. The Morgan fingerprint density at radius 2 is 1.83 bits per heavy atom. The molecule has 0 saturated heterocycles. The second-order valence-electron chi connectivity index (χ2n) is 2.35. The molecular weight excluding hydrogens is 164 g/mol. The van der Waals surface area contributed by atoms with Crippen LogP contribution in [0.2, 0.25) is 0 Å². The molecule has 66 valence electrons. The zero-order valence-electron chi connectivity index (χ0n) is 6.61. The van der Waals surface area contributed by atoms with Gasteiger partial charge in [0.15, 0.2) is 5.69 Å². The summed E-state index contributed by atoms with van der Waals surface area (Å²) >= 11 is 0. The van der Waals surface area contributed by atoms with Crippen LogP contribution in [0, 0.1) is 0 Å². The minimum Gasteiger partial charge on any atom is -0.501 e. The molecule has 1 rings (SSSR count). The summed E-state index contributed by atoms with van der Waals surface area (Å²) in [6.45, 7) is 0. The average molecular weight is 172 g/mol. The number of hydrogen-bond donors (Lipinski definition) is 2. The third-order valence-corrected chi connectivity index (χ3v) is 1.70. The molecule has 0 radical (unpaired) electrons. The van der Waals surface area contributed by atoms with Gasteiger partial charge in [-0.2, -0.15) is 0 Å². The second kappa shape index (κ2) is 2.40. The predicted molar refractivity (Wildman–Crippen MR) is 39.3 cm³/mol. The molecule has 12 heavy (non-hydrogen) atoms. The van der Waals surface area contributed by atoms with Gasteiger partial charge in [-0.3, -0.25) is 14.2 Å². The largest absolute Gasteiger partial charge is 0.501 e. The van der Waals surface area contributed by atoms with Gasteiger partial charge in [0.05, 0.1) is 0 Å². The first-order valence-electron chi connectivity index (χ1n) is 3.15. The number of rotatable bonds is 1. The summed E-state index contributed by atoms with van der Waals surface area (Å²) < 4.78 is 2.08. The van der Waals surface area contributed by atoms with E-state index in [4.69, 9.17) is 10.2 Å². The summed E-state index contributed by atoms with van der Waals surface area (Å²) in [5, 5.41) is 17.6. The van der Waals surface area contributed by atoms with Gasteiger partial charge in [-0.15, -0.1) is 0 Å². The van der Waals surface area contributed by atoms with Crippen LogP contribution in [0.1, 0.15) is 10.5 Å². The fourth-order valence-electron chi connectivity index (χ4n) is 0.934. The average Bonchev–Trinajstić information content (AvgIpc) is 2.16. The fraction of sp³-hybridized carbons (Fsp3) is 0.333. The molecule has 0 aliphatic heterocycles. The zero-order chi connectivity index (χ0) is 9.46. The molecule has 2 N–H and O–H groups in total. The highest BCUT2D eigenvalue weighted by molar-refractivity contribution is 5.88. The molecule has 0 spiro atoms. The lowest BCUT2D eigenvalue weighted by atomic mass is 10.4. The van der Waals surface area contributed by atoms with Crippen LogP contribution in [0.15, 0.2) is 4.79 Å². The lowest BCUT2D eigenvalue weighted by Gasteiger charge is -1.99. The third kappa shape index (κ3) is 0.884. The van der Waals surface area contributed by atoms with Gasteiger partial charge in [0.1, 0.15) is 0 Å². The number of carboxylic acid groups (broad SMARTS) is 1. The van der Waals surface area contributed by atoms with Crippen molar-refractivity contribution in [3.8, 4) is 5.75 Å². The van der Waals surface area contributed by atoms with Crippen molar-refractivity contribution in [1.82, 2.24) is 9.36 Å². The number of hydrogen-bond acceptors (Lipinski definition) is 3. The molecule has 0 aliphatic rings. The molecule has 0 unspecified atom stereocenters. The maximum Gasteiger partial charge on any atom is 0.358 e. The van der Waals surface area contributed by atoms with Crippen molar-refractivity contribution in [2.45, 2.75) is 0 Å². The molecule has 1 aromatic rings. The molecule has 0 amide bonds. The quantitative estimate of drug-likeness (QED) is 0.576. The van der Waals surface area contributed by atoms with Gasteiger partial charge in [-0.1, -0.05) is 0 Å². The number of nitrogens with zero attached hydrogens (tertiary/aromatic N) is 2. The van der Waals surface area contributed by atoms with E-state index in [1.807, 2.05) is 0 Å². The molecule has 0 atom stereocenters. The van der Waals surface area contributed by atoms with Gasteiger partial charge >= 0.3 is 11.5 Å². The number of aromatic nitrogens is 2. The van der Waals surface area contributed by atoms with Gasteiger partial charge in [-0.25, -0.2) is 4.79 Å². The van der Waals surface area contributed by atoms with E-state index in [1.165, 1.54) is 14.1 Å². The van der Waals surface area contributed by atoms with Crippen LogP contribution in [0.25, 0.3) is 0 Å². The Balaban J connectivity index is 3.60. The van der Waals surface area contributed by atoms with Crippen molar-refractivity contribution >= 4 is 5.97 Å². The van der Waals surface area contributed by atoms with Crippen LogP contribution in [0.4, 0.5) is 0 Å². The van der Waals surface area contributed by atoms with Crippen molar-refractivity contribution in [3.63, 3.8) is 0 Å². The van der Waals surface area contributed by atoms with E-state index in [0.29, 0.717) is 0 Å². The standard InChI is InChI=1S/C6H8N2O4/c1-7-3(6(11)12)4(9)5(10)8(7)2/h9H,1-2H3,(H,11,12). The van der Waals surface area contributed by atoms with E-state index in [0.717, 1.165) is 9.36 Å². The zero-order valence-corrected chi connectivity index (χ0v) is 6.61. The first-order valence-corrected chi connectivity index (χ1v) is 3.15. The Labute approximate surface area is 67.3 Å². The van der Waals surface area contributed by atoms with E-state index < -0.39 is 23.0 Å². The summed E-state index contributed by atoms with van der Waals surface area (Å²) in [5.74, 6) is -2.06. The summed E-state index contributed by atoms with van der Waals surface area (Å²) in [6.07, 6.45) is 0. The van der Waals surface area contributed by atoms with Crippen molar-refractivity contribution in [2.75, 3.05) is 0 Å². The van der Waals surface area contributed by atoms with Gasteiger partial charge in [0.2, 0.25) is 5.75 Å². The van der Waals surface area contributed by atoms with Gasteiger partial charge in [0, 0.05) is 14.1 Å². The normalized spacial score (nSPS) is 10.2. The Morgan fingerprint density at radius 1 is 1.33 bits per heavy atom. The minimum atomic E-state index is -1.33. The Morgan fingerprint density at radius 3 is 2.00 bits per heavy atom. The number of carboxylic acids is 1. The first kappa shape index (κ1) is 8.38. The van der Waals surface area contributed by atoms with Crippen LogP contribution in [-0.4, -0.2) is 25.5 Å². The van der Waals surface area contributed by atoms with Crippen molar-refractivity contribution in [2.24, 2.45) is 14.1 Å². The molecular formula is C6H8N2O4. The first-order chi connectivity index (χ1) is 5.46. The molecule has 1 heterocycles. The van der Waals surface area contributed by atoms with Crippen LogP contribution >= 0.6 is 0 Å². The lowest BCUT2D eigenvalue weighted by Crippen LogP contribution is -2.17. The Hall–Kier alpha value is -1.72. The van der Waals surface area contributed by atoms with Crippen LogP contribution in [0.5, 0.6) is 5.75 Å². The SMILES string of the molecule is Cn1c(C(=O)O)c(O)c(=O)n1C. The van der Waals surface area contributed by atoms with Crippen LogP contribution < -0.4 is 5.56 Å². The lowest BCUT2D eigenvalue weighted by molar-refractivity contribution is 0.0680. The van der Waals surface area contributed by atoms with E-state index in [-0.39, 0.29) is 0 Å². The topological polar surface area (TPSA) is 84.5 Å². The summed E-state index contributed by atoms with van der Waals surface area (Å²) in [4.78, 5) is 21.4. The van der Waals surface area contributed by atoms with E-state index in [1.54, 1.807) is 0 Å². The molecule has 1 aromatic heterocycles. The number of aromatic carboxylic acids is 1. The maximum absolute atomic E-state index is 10.9. The molecule has 0 fully saturated rings. The number of carbonyl (C=O) groups is 1. The second-order valence-corrected chi connectivity index (χ2v) is 2.35. The third-order valence-electron chi connectivity index (χ3n) is 1.70. The molecule has 0 aliphatic carbocycles. The fourth-order valence-corrected chi connectivity index (χ4v) is 0.934. The van der Waals surface area contributed by atoms with E-state index >= 15 is 0 Å². The highest BCUT2D eigenvalue weighted by atomic mass is 16.4. The molecule has 6 heteroatoms. The predicted octanol–water partition coefficient (Wildman–Crippen LogP) is -0.872. The van der Waals surface area contributed by atoms with E-state index in [2.05, 4.69) is 0 Å². The van der Waals surface area contributed by atoms with Crippen molar-refractivity contribution in [1.29, 1.82) is 0 Å². The smallest absolute Gasteiger partial charge is 0.358 e. The minimum absolute atomic E-state index is 0.400. The van der Waals surface area contributed by atoms with E-state index in [9.17, 15) is 9.59 Å². The maximum atomic E-state index is 10.9. The van der Waals surface area contributed by atoms with Crippen LogP contribution in [0.3, 0.4) is 0 Å². The monoisotopic (exact) mass is 172 g/mol. The van der Waals surface area contributed by atoms with Gasteiger partial charge in [0.25, 0.3) is 0 Å². The summed E-state index contributed by atoms with van der Waals surface area (Å²) in [7, 11) is 2.75. The molecule has 0 saturated carbocycles. The highest BCUT2D eigenvalue weighted by Crippen LogP contribution is 2.09. The molecule has 0 aromatic carbocycles. The number of aromatic hydroxyl groups is 1. The van der Waals surface area contributed by atoms with Gasteiger partial charge < -0.3 is 10.2 Å².